The number of hydrogen-bond donors (Lipinski definition) is 1. The molecule has 1 aromatic carbocycles. The lowest BCUT2D eigenvalue weighted by molar-refractivity contribution is -0.138. The fourth-order valence-electron chi connectivity index (χ4n) is 1.92. The highest BCUT2D eigenvalue weighted by atomic mass is 35.5. The van der Waals surface area contributed by atoms with Gasteiger partial charge in [0.15, 0.2) is 0 Å². The number of methoxy groups -OCH3 is 1. The standard InChI is InChI=1S/C15H14ClNO3/c1-20-11-6-7-14(17-9-11)12(15(18)19)8-10-4-2-3-5-13(10)16/h2-7,9,12H,8H2,1H3,(H,18,19). The molecule has 0 aliphatic rings. The summed E-state index contributed by atoms with van der Waals surface area (Å²) in [5, 5.41) is 9.95. The van der Waals surface area contributed by atoms with Gasteiger partial charge in [0.1, 0.15) is 11.7 Å². The number of hydrogen-bond acceptors (Lipinski definition) is 3. The Balaban J connectivity index is 2.27. The van der Waals surface area contributed by atoms with Gasteiger partial charge >= 0.3 is 5.97 Å². The van der Waals surface area contributed by atoms with Crippen molar-refractivity contribution in [2.45, 2.75) is 12.3 Å². The molecule has 2 rings (SSSR count). The van der Waals surface area contributed by atoms with Gasteiger partial charge < -0.3 is 9.84 Å². The molecule has 1 heterocycles. The highest BCUT2D eigenvalue weighted by Gasteiger charge is 2.22. The van der Waals surface area contributed by atoms with Gasteiger partial charge in [-0.15, -0.1) is 0 Å². The number of ether oxygens (including phenoxy) is 1. The highest BCUT2D eigenvalue weighted by Crippen LogP contribution is 2.25. The van der Waals surface area contributed by atoms with Crippen molar-refractivity contribution in [2.75, 3.05) is 7.11 Å². The number of rotatable bonds is 5. The summed E-state index contributed by atoms with van der Waals surface area (Å²) in [6.07, 6.45) is 1.81. The second-order valence-electron chi connectivity index (χ2n) is 4.31. The van der Waals surface area contributed by atoms with Crippen molar-refractivity contribution >= 4 is 17.6 Å². The van der Waals surface area contributed by atoms with Gasteiger partial charge in [-0.25, -0.2) is 0 Å². The lowest BCUT2D eigenvalue weighted by Gasteiger charge is -2.13. The molecule has 4 nitrogen and oxygen atoms in total. The van der Waals surface area contributed by atoms with E-state index in [0.717, 1.165) is 5.56 Å². The van der Waals surface area contributed by atoms with Crippen LogP contribution in [0.15, 0.2) is 42.6 Å². The number of halogens is 1. The van der Waals surface area contributed by atoms with Crippen molar-refractivity contribution in [3.63, 3.8) is 0 Å². The first-order chi connectivity index (χ1) is 9.61. The van der Waals surface area contributed by atoms with Crippen LogP contribution in [0.4, 0.5) is 0 Å². The van der Waals surface area contributed by atoms with Crippen LogP contribution in [0, 0.1) is 0 Å². The summed E-state index contributed by atoms with van der Waals surface area (Å²) < 4.78 is 5.02. The van der Waals surface area contributed by atoms with Gasteiger partial charge in [0.05, 0.1) is 19.0 Å². The number of nitrogens with zero attached hydrogens (tertiary/aromatic N) is 1. The average molecular weight is 292 g/mol. The molecule has 2 aromatic rings. The summed E-state index contributed by atoms with van der Waals surface area (Å²) in [7, 11) is 1.54. The monoisotopic (exact) mass is 291 g/mol. The molecule has 0 amide bonds. The Morgan fingerprint density at radius 1 is 1.35 bits per heavy atom. The van der Waals surface area contributed by atoms with Crippen molar-refractivity contribution in [3.05, 3.63) is 58.9 Å². The molecule has 0 saturated heterocycles. The van der Waals surface area contributed by atoms with Crippen LogP contribution >= 0.6 is 11.6 Å². The molecule has 1 atom stereocenters. The Hall–Kier alpha value is -2.07. The fourth-order valence-corrected chi connectivity index (χ4v) is 2.13. The zero-order valence-corrected chi connectivity index (χ0v) is 11.7. The molecule has 20 heavy (non-hydrogen) atoms. The minimum absolute atomic E-state index is 0.300. The van der Waals surface area contributed by atoms with Crippen LogP contribution in [-0.4, -0.2) is 23.2 Å². The Kier molecular flexibility index (Phi) is 4.58. The van der Waals surface area contributed by atoms with Crippen LogP contribution < -0.4 is 4.74 Å². The third kappa shape index (κ3) is 3.27. The highest BCUT2D eigenvalue weighted by molar-refractivity contribution is 6.31. The molecular weight excluding hydrogens is 278 g/mol. The first-order valence-electron chi connectivity index (χ1n) is 6.08. The minimum Gasteiger partial charge on any atom is -0.495 e. The van der Waals surface area contributed by atoms with Crippen molar-refractivity contribution in [1.82, 2.24) is 4.98 Å². The van der Waals surface area contributed by atoms with E-state index < -0.39 is 11.9 Å². The van der Waals surface area contributed by atoms with E-state index in [-0.39, 0.29) is 0 Å². The normalized spacial score (nSPS) is 11.9. The minimum atomic E-state index is -0.928. The Labute approximate surface area is 122 Å². The SMILES string of the molecule is COc1ccc(C(Cc2ccccc2Cl)C(=O)O)nc1. The van der Waals surface area contributed by atoms with E-state index in [9.17, 15) is 9.90 Å². The molecule has 0 fully saturated rings. The Bertz CT molecular complexity index is 598. The first-order valence-corrected chi connectivity index (χ1v) is 6.45. The summed E-state index contributed by atoms with van der Waals surface area (Å²) in [5.74, 6) is -1.07. The summed E-state index contributed by atoms with van der Waals surface area (Å²) in [6.45, 7) is 0. The van der Waals surface area contributed by atoms with Gasteiger partial charge in [0.25, 0.3) is 0 Å². The molecule has 0 spiro atoms. The predicted molar refractivity (Wildman–Crippen MR) is 76.3 cm³/mol. The van der Waals surface area contributed by atoms with E-state index in [0.29, 0.717) is 22.9 Å². The number of carboxylic acid groups (broad SMARTS) is 1. The molecule has 1 unspecified atom stereocenters. The second-order valence-corrected chi connectivity index (χ2v) is 4.72. The number of benzene rings is 1. The van der Waals surface area contributed by atoms with E-state index in [2.05, 4.69) is 4.98 Å². The number of carbonyl (C=O) groups is 1. The molecule has 1 aromatic heterocycles. The van der Waals surface area contributed by atoms with Crippen LogP contribution in [0.25, 0.3) is 0 Å². The summed E-state index contributed by atoms with van der Waals surface area (Å²) >= 11 is 6.07. The molecule has 0 radical (unpaired) electrons. The van der Waals surface area contributed by atoms with E-state index in [1.807, 2.05) is 18.2 Å². The van der Waals surface area contributed by atoms with Crippen molar-refractivity contribution in [3.8, 4) is 5.75 Å². The third-order valence-electron chi connectivity index (χ3n) is 3.03. The summed E-state index contributed by atoms with van der Waals surface area (Å²) in [4.78, 5) is 15.6. The zero-order valence-electron chi connectivity index (χ0n) is 10.9. The van der Waals surface area contributed by atoms with Gasteiger partial charge in [-0.05, 0) is 30.2 Å². The van der Waals surface area contributed by atoms with Crippen molar-refractivity contribution in [1.29, 1.82) is 0 Å². The molecule has 0 aliphatic heterocycles. The Morgan fingerprint density at radius 3 is 2.65 bits per heavy atom. The van der Waals surface area contributed by atoms with Crippen LogP contribution in [0.5, 0.6) is 5.75 Å². The van der Waals surface area contributed by atoms with Gasteiger partial charge in [-0.1, -0.05) is 29.8 Å². The van der Waals surface area contributed by atoms with Gasteiger partial charge in [0, 0.05) is 5.02 Å². The summed E-state index contributed by atoms with van der Waals surface area (Å²) in [5.41, 5.74) is 1.28. The zero-order chi connectivity index (χ0) is 14.5. The maximum atomic E-state index is 11.5. The first kappa shape index (κ1) is 14.3. The number of pyridine rings is 1. The average Bonchev–Trinajstić information content (AvgIpc) is 2.46. The molecule has 0 saturated carbocycles. The molecule has 104 valence electrons. The van der Waals surface area contributed by atoms with E-state index in [4.69, 9.17) is 16.3 Å². The molecule has 5 heteroatoms. The van der Waals surface area contributed by atoms with Crippen LogP contribution in [0.2, 0.25) is 5.02 Å². The van der Waals surface area contributed by atoms with E-state index >= 15 is 0 Å². The fraction of sp³-hybridized carbons (Fsp3) is 0.200. The quantitative estimate of drug-likeness (QED) is 0.919. The molecular formula is C15H14ClNO3. The largest absolute Gasteiger partial charge is 0.495 e. The number of carboxylic acids is 1. The van der Waals surface area contributed by atoms with E-state index in [1.54, 1.807) is 18.2 Å². The Morgan fingerprint density at radius 2 is 2.10 bits per heavy atom. The van der Waals surface area contributed by atoms with Crippen LogP contribution in [-0.2, 0) is 11.2 Å². The second kappa shape index (κ2) is 6.39. The molecule has 1 N–H and O–H groups in total. The lowest BCUT2D eigenvalue weighted by atomic mass is 9.96. The van der Waals surface area contributed by atoms with Gasteiger partial charge in [-0.3, -0.25) is 9.78 Å². The topological polar surface area (TPSA) is 59.4 Å². The summed E-state index contributed by atoms with van der Waals surface area (Å²) in [6, 6.07) is 10.6. The van der Waals surface area contributed by atoms with Crippen LogP contribution in [0.1, 0.15) is 17.2 Å². The maximum Gasteiger partial charge on any atom is 0.312 e. The number of aliphatic carboxylic acids is 1. The van der Waals surface area contributed by atoms with Crippen molar-refractivity contribution in [2.24, 2.45) is 0 Å². The van der Waals surface area contributed by atoms with Crippen LogP contribution in [0.3, 0.4) is 0 Å². The smallest absolute Gasteiger partial charge is 0.312 e. The predicted octanol–water partition coefficient (Wildman–Crippen LogP) is 3.15. The lowest BCUT2D eigenvalue weighted by Crippen LogP contribution is -2.16. The maximum absolute atomic E-state index is 11.5. The number of aromatic nitrogens is 1. The molecule has 0 bridgehead atoms. The third-order valence-corrected chi connectivity index (χ3v) is 3.40. The van der Waals surface area contributed by atoms with Gasteiger partial charge in [-0.2, -0.15) is 0 Å². The molecule has 0 aliphatic carbocycles. The van der Waals surface area contributed by atoms with Gasteiger partial charge in [0.2, 0.25) is 0 Å². The van der Waals surface area contributed by atoms with Crippen molar-refractivity contribution < 1.29 is 14.6 Å². The van der Waals surface area contributed by atoms with E-state index in [1.165, 1.54) is 13.3 Å².